The van der Waals surface area contributed by atoms with E-state index in [4.69, 9.17) is 0 Å². The number of hydrogen-bond donors (Lipinski definition) is 3. The molecule has 1 saturated heterocycles. The number of aromatic amines is 1. The van der Waals surface area contributed by atoms with E-state index in [-0.39, 0.29) is 18.1 Å². The van der Waals surface area contributed by atoms with Crippen molar-refractivity contribution in [1.29, 1.82) is 0 Å². The number of carbonyl (C=O) groups excluding carboxylic acids is 1. The van der Waals surface area contributed by atoms with Crippen molar-refractivity contribution in [3.05, 3.63) is 18.0 Å². The van der Waals surface area contributed by atoms with Gasteiger partial charge < -0.3 is 15.3 Å². The van der Waals surface area contributed by atoms with E-state index < -0.39 is 0 Å². The Morgan fingerprint density at radius 3 is 2.75 bits per heavy atom. The van der Waals surface area contributed by atoms with Crippen LogP contribution in [-0.4, -0.2) is 57.9 Å². The Hall–Kier alpha value is -1.40. The fourth-order valence-electron chi connectivity index (χ4n) is 2.49. The number of amides is 1. The van der Waals surface area contributed by atoms with Crippen LogP contribution < -0.4 is 5.32 Å². The van der Waals surface area contributed by atoms with Crippen LogP contribution in [-0.2, 0) is 0 Å². The molecule has 112 valence electrons. The van der Waals surface area contributed by atoms with Crippen molar-refractivity contribution in [1.82, 2.24) is 20.4 Å². The smallest absolute Gasteiger partial charge is 0.271 e. The molecule has 1 aromatic heterocycles. The standard InChI is InChI=1S/C14H24N4O2/c1-11(2)9-15-14(10-19)4-7-18(8-5-14)13(20)12-3-6-16-17-12/h3,6,11,15,19H,4-5,7-10H2,1-2H3,(H,16,17). The molecular weight excluding hydrogens is 256 g/mol. The van der Waals surface area contributed by atoms with Crippen molar-refractivity contribution in [3.63, 3.8) is 0 Å². The first kappa shape index (κ1) is 15.0. The Balaban J connectivity index is 1.91. The Labute approximate surface area is 119 Å². The van der Waals surface area contributed by atoms with Crippen LogP contribution in [0.15, 0.2) is 12.3 Å². The van der Waals surface area contributed by atoms with Gasteiger partial charge in [-0.25, -0.2) is 0 Å². The van der Waals surface area contributed by atoms with Gasteiger partial charge in [0.2, 0.25) is 0 Å². The third-order valence-electron chi connectivity index (χ3n) is 3.93. The van der Waals surface area contributed by atoms with Gasteiger partial charge in [0, 0.05) is 24.8 Å². The minimum atomic E-state index is -0.241. The van der Waals surface area contributed by atoms with Crippen LogP contribution in [0.3, 0.4) is 0 Å². The van der Waals surface area contributed by atoms with Gasteiger partial charge in [0.25, 0.3) is 5.91 Å². The van der Waals surface area contributed by atoms with E-state index in [9.17, 15) is 9.90 Å². The zero-order chi connectivity index (χ0) is 14.6. The molecule has 2 rings (SSSR count). The highest BCUT2D eigenvalue weighted by atomic mass is 16.3. The fraction of sp³-hybridized carbons (Fsp3) is 0.714. The maximum atomic E-state index is 12.2. The number of aliphatic hydroxyl groups excluding tert-OH is 1. The summed E-state index contributed by atoms with van der Waals surface area (Å²) in [6.45, 7) is 6.61. The molecule has 3 N–H and O–H groups in total. The summed E-state index contributed by atoms with van der Waals surface area (Å²) in [4.78, 5) is 14.0. The van der Waals surface area contributed by atoms with Crippen molar-refractivity contribution < 1.29 is 9.90 Å². The molecule has 20 heavy (non-hydrogen) atoms. The van der Waals surface area contributed by atoms with E-state index in [0.717, 1.165) is 19.4 Å². The summed E-state index contributed by atoms with van der Waals surface area (Å²) in [5.74, 6) is 0.529. The lowest BCUT2D eigenvalue weighted by Gasteiger charge is -2.41. The van der Waals surface area contributed by atoms with Gasteiger partial charge in [-0.2, -0.15) is 5.10 Å². The Morgan fingerprint density at radius 2 is 2.25 bits per heavy atom. The maximum Gasteiger partial charge on any atom is 0.271 e. The van der Waals surface area contributed by atoms with E-state index >= 15 is 0 Å². The van der Waals surface area contributed by atoms with E-state index in [0.29, 0.717) is 24.7 Å². The van der Waals surface area contributed by atoms with Crippen LogP contribution in [0.5, 0.6) is 0 Å². The highest BCUT2D eigenvalue weighted by Crippen LogP contribution is 2.23. The van der Waals surface area contributed by atoms with Gasteiger partial charge in [0.05, 0.1) is 6.61 Å². The van der Waals surface area contributed by atoms with Crippen molar-refractivity contribution in [2.24, 2.45) is 5.92 Å². The summed E-state index contributed by atoms with van der Waals surface area (Å²) < 4.78 is 0. The molecule has 1 aromatic rings. The number of aliphatic hydroxyl groups is 1. The van der Waals surface area contributed by atoms with Crippen LogP contribution in [0.4, 0.5) is 0 Å². The summed E-state index contributed by atoms with van der Waals surface area (Å²) >= 11 is 0. The second kappa shape index (κ2) is 6.37. The van der Waals surface area contributed by atoms with E-state index in [2.05, 4.69) is 29.4 Å². The first-order chi connectivity index (χ1) is 9.56. The molecule has 2 heterocycles. The second-order valence-electron chi connectivity index (χ2n) is 5.98. The van der Waals surface area contributed by atoms with Gasteiger partial charge in [0.1, 0.15) is 5.69 Å². The summed E-state index contributed by atoms with van der Waals surface area (Å²) in [5, 5.41) is 19.7. The highest BCUT2D eigenvalue weighted by molar-refractivity contribution is 5.92. The number of hydrogen-bond acceptors (Lipinski definition) is 4. The molecule has 1 fully saturated rings. The quantitative estimate of drug-likeness (QED) is 0.738. The van der Waals surface area contributed by atoms with Gasteiger partial charge in [-0.05, 0) is 31.4 Å². The Bertz CT molecular complexity index is 422. The number of nitrogens with zero attached hydrogens (tertiary/aromatic N) is 2. The van der Waals surface area contributed by atoms with Crippen LogP contribution in [0.25, 0.3) is 0 Å². The molecule has 1 aliphatic rings. The van der Waals surface area contributed by atoms with E-state index in [1.165, 1.54) is 0 Å². The zero-order valence-electron chi connectivity index (χ0n) is 12.2. The number of carbonyl (C=O) groups is 1. The summed E-state index contributed by atoms with van der Waals surface area (Å²) in [5.41, 5.74) is 0.284. The number of H-pyrrole nitrogens is 1. The van der Waals surface area contributed by atoms with Crippen molar-refractivity contribution in [2.45, 2.75) is 32.2 Å². The molecule has 1 aliphatic heterocycles. The molecule has 0 bridgehead atoms. The molecule has 6 nitrogen and oxygen atoms in total. The van der Waals surface area contributed by atoms with E-state index in [1.807, 2.05) is 4.90 Å². The summed E-state index contributed by atoms with van der Waals surface area (Å²) in [6, 6.07) is 1.69. The minimum absolute atomic E-state index is 0.0158. The van der Waals surface area contributed by atoms with Gasteiger partial charge >= 0.3 is 0 Å². The fourth-order valence-corrected chi connectivity index (χ4v) is 2.49. The first-order valence-electron chi connectivity index (χ1n) is 7.21. The lowest BCUT2D eigenvalue weighted by atomic mass is 9.87. The molecule has 0 aliphatic carbocycles. The van der Waals surface area contributed by atoms with Crippen molar-refractivity contribution in [3.8, 4) is 0 Å². The van der Waals surface area contributed by atoms with Gasteiger partial charge in [-0.1, -0.05) is 13.8 Å². The molecule has 0 radical (unpaired) electrons. The molecule has 0 spiro atoms. The molecule has 0 atom stereocenters. The zero-order valence-corrected chi connectivity index (χ0v) is 12.2. The molecule has 1 amide bonds. The number of rotatable bonds is 5. The van der Waals surface area contributed by atoms with Gasteiger partial charge in [-0.15, -0.1) is 0 Å². The lowest BCUT2D eigenvalue weighted by molar-refractivity contribution is 0.0519. The maximum absolute atomic E-state index is 12.2. The lowest BCUT2D eigenvalue weighted by Crippen LogP contribution is -2.57. The third-order valence-corrected chi connectivity index (χ3v) is 3.93. The highest BCUT2D eigenvalue weighted by Gasteiger charge is 2.35. The SMILES string of the molecule is CC(C)CNC1(CO)CCN(C(=O)c2ccn[nH]2)CC1. The number of piperidine rings is 1. The third kappa shape index (κ3) is 3.37. The second-order valence-corrected chi connectivity index (χ2v) is 5.98. The normalized spacial score (nSPS) is 18.5. The van der Waals surface area contributed by atoms with Crippen molar-refractivity contribution >= 4 is 5.91 Å². The molecule has 0 unspecified atom stereocenters. The largest absolute Gasteiger partial charge is 0.394 e. The first-order valence-corrected chi connectivity index (χ1v) is 7.21. The predicted molar refractivity (Wildman–Crippen MR) is 76.4 cm³/mol. The van der Waals surface area contributed by atoms with Crippen LogP contribution in [0.2, 0.25) is 0 Å². The number of likely N-dealkylation sites (tertiary alicyclic amines) is 1. The molecule has 0 aromatic carbocycles. The molecular formula is C14H24N4O2. The number of aromatic nitrogens is 2. The Kier molecular flexibility index (Phi) is 4.77. The Morgan fingerprint density at radius 1 is 1.55 bits per heavy atom. The molecule has 0 saturated carbocycles. The monoisotopic (exact) mass is 280 g/mol. The molecule has 6 heteroatoms. The van der Waals surface area contributed by atoms with Crippen LogP contribution in [0, 0.1) is 5.92 Å². The summed E-state index contributed by atoms with van der Waals surface area (Å²) in [7, 11) is 0. The van der Waals surface area contributed by atoms with E-state index in [1.54, 1.807) is 12.3 Å². The average Bonchev–Trinajstić information content (AvgIpc) is 2.99. The number of nitrogens with one attached hydrogen (secondary N) is 2. The van der Waals surface area contributed by atoms with Crippen LogP contribution in [0.1, 0.15) is 37.2 Å². The van der Waals surface area contributed by atoms with Gasteiger partial charge in [-0.3, -0.25) is 9.89 Å². The van der Waals surface area contributed by atoms with Crippen molar-refractivity contribution in [2.75, 3.05) is 26.2 Å². The van der Waals surface area contributed by atoms with Gasteiger partial charge in [0.15, 0.2) is 0 Å². The minimum Gasteiger partial charge on any atom is -0.394 e. The average molecular weight is 280 g/mol. The summed E-state index contributed by atoms with van der Waals surface area (Å²) in [6.07, 6.45) is 3.13. The van der Waals surface area contributed by atoms with Crippen LogP contribution >= 0.6 is 0 Å². The topological polar surface area (TPSA) is 81.2 Å². The predicted octanol–water partition coefficient (Wildman–Crippen LogP) is 0.622.